The fourth-order valence-electron chi connectivity index (χ4n) is 4.10. The van der Waals surface area contributed by atoms with E-state index in [1.54, 1.807) is 48.0 Å². The minimum absolute atomic E-state index is 0.359. The van der Waals surface area contributed by atoms with Crippen molar-refractivity contribution in [3.05, 3.63) is 112 Å². The molecule has 0 aliphatic carbocycles. The lowest BCUT2D eigenvalue weighted by Gasteiger charge is -2.28. The van der Waals surface area contributed by atoms with E-state index in [1.165, 1.54) is 0 Å². The first-order valence-corrected chi connectivity index (χ1v) is 11.9. The third kappa shape index (κ3) is 4.84. The molecule has 3 aromatic carbocycles. The van der Waals surface area contributed by atoms with E-state index in [2.05, 4.69) is 16.0 Å². The topological polar surface area (TPSA) is 88.1 Å². The number of nitrogens with one attached hydrogen (secondary N) is 3. The summed E-state index contributed by atoms with van der Waals surface area (Å²) in [6, 6.07) is 22.5. The molecule has 0 bridgehead atoms. The van der Waals surface area contributed by atoms with Crippen LogP contribution in [0.4, 0.5) is 10.5 Å². The van der Waals surface area contributed by atoms with Crippen LogP contribution in [0.5, 0.6) is 0 Å². The lowest BCUT2D eigenvalue weighted by molar-refractivity contribution is -0.113. The monoisotopic (exact) mass is 517 g/mol. The van der Waals surface area contributed by atoms with Crippen LogP contribution >= 0.6 is 23.2 Å². The van der Waals surface area contributed by atoms with E-state index in [4.69, 9.17) is 28.3 Å². The number of para-hydroxylation sites is 1. The number of carbonyl (C=O) groups excluding carboxylic acids is 2. The Kier molecular flexibility index (Phi) is 6.50. The van der Waals surface area contributed by atoms with Crippen LogP contribution in [0.2, 0.25) is 10.0 Å². The Labute approximate surface area is 217 Å². The first-order chi connectivity index (χ1) is 17.4. The first kappa shape index (κ1) is 23.7. The Bertz CT molecular complexity index is 1460. The third-order valence-corrected chi connectivity index (χ3v) is 6.31. The molecule has 0 spiro atoms. The van der Waals surface area contributed by atoms with E-state index in [-0.39, 0.29) is 5.91 Å². The fourth-order valence-corrected chi connectivity index (χ4v) is 4.36. The highest BCUT2D eigenvalue weighted by atomic mass is 35.5. The number of benzene rings is 3. The van der Waals surface area contributed by atoms with Gasteiger partial charge in [-0.3, -0.25) is 4.79 Å². The first-order valence-electron chi connectivity index (χ1n) is 11.1. The maximum Gasteiger partial charge on any atom is 0.319 e. The van der Waals surface area contributed by atoms with Crippen LogP contribution in [0.1, 0.15) is 18.5 Å². The van der Waals surface area contributed by atoms with Gasteiger partial charge in [0.15, 0.2) is 0 Å². The molecule has 1 aromatic heterocycles. The molecule has 1 atom stereocenters. The summed E-state index contributed by atoms with van der Waals surface area (Å²) >= 11 is 12.1. The summed E-state index contributed by atoms with van der Waals surface area (Å²) in [6.45, 7) is 1.70. The van der Waals surface area contributed by atoms with Gasteiger partial charge in [-0.15, -0.1) is 0 Å². The lowest BCUT2D eigenvalue weighted by Crippen LogP contribution is -2.46. The maximum atomic E-state index is 13.5. The standard InChI is InChI=1S/C27H21Cl2N5O2/c1-16-23(26(35)31-20-13-11-19(29)12-14-20)25(32-27(36)30-16)22-15-34(21-5-3-2-4-6-21)33-24(22)17-7-9-18(28)10-8-17/h2-15,25H,1H3,(H,31,35)(H2,30,32,36). The number of anilines is 1. The normalized spacial score (nSPS) is 15.3. The SMILES string of the molecule is CC1=C(C(=O)Nc2ccc(Cl)cc2)C(c2cn(-c3ccccc3)nc2-c2ccc(Cl)cc2)NC(=O)N1. The predicted octanol–water partition coefficient (Wildman–Crippen LogP) is 6.11. The Morgan fingerprint density at radius 2 is 1.58 bits per heavy atom. The molecule has 9 heteroatoms. The molecule has 0 fully saturated rings. The van der Waals surface area contributed by atoms with Crippen molar-refractivity contribution in [3.63, 3.8) is 0 Å². The van der Waals surface area contributed by atoms with Crippen molar-refractivity contribution in [1.29, 1.82) is 0 Å². The number of rotatable bonds is 5. The van der Waals surface area contributed by atoms with E-state index in [9.17, 15) is 9.59 Å². The fraction of sp³-hybridized carbons (Fsp3) is 0.0741. The van der Waals surface area contributed by atoms with Crippen molar-refractivity contribution in [1.82, 2.24) is 20.4 Å². The van der Waals surface area contributed by atoms with Gasteiger partial charge in [0.25, 0.3) is 5.91 Å². The van der Waals surface area contributed by atoms with Crippen molar-refractivity contribution in [2.24, 2.45) is 0 Å². The molecule has 2 heterocycles. The Hall–Kier alpha value is -4.07. The smallest absolute Gasteiger partial charge is 0.319 e. The van der Waals surface area contributed by atoms with E-state index in [1.807, 2.05) is 48.7 Å². The summed E-state index contributed by atoms with van der Waals surface area (Å²) in [7, 11) is 0. The number of hydrogen-bond donors (Lipinski definition) is 3. The molecule has 1 aliphatic heterocycles. The molecule has 0 radical (unpaired) electrons. The number of urea groups is 1. The summed E-state index contributed by atoms with van der Waals surface area (Å²) < 4.78 is 1.73. The van der Waals surface area contributed by atoms with Gasteiger partial charge in [0.05, 0.1) is 23.0 Å². The van der Waals surface area contributed by atoms with Crippen LogP contribution in [-0.2, 0) is 4.79 Å². The summed E-state index contributed by atoms with van der Waals surface area (Å²) in [5, 5.41) is 14.5. The average Bonchev–Trinajstić information content (AvgIpc) is 3.31. The minimum Gasteiger partial charge on any atom is -0.327 e. The van der Waals surface area contributed by atoms with Gasteiger partial charge in [0.2, 0.25) is 0 Å². The molecular weight excluding hydrogens is 497 g/mol. The second kappa shape index (κ2) is 9.89. The van der Waals surface area contributed by atoms with E-state index in [0.717, 1.165) is 11.3 Å². The maximum absolute atomic E-state index is 13.5. The number of hydrogen-bond acceptors (Lipinski definition) is 3. The van der Waals surface area contributed by atoms with Crippen LogP contribution in [0.15, 0.2) is 96.3 Å². The highest BCUT2D eigenvalue weighted by Crippen LogP contribution is 2.35. The summed E-state index contributed by atoms with van der Waals surface area (Å²) in [5.74, 6) is -0.359. The van der Waals surface area contributed by atoms with Crippen molar-refractivity contribution in [2.75, 3.05) is 5.32 Å². The summed E-state index contributed by atoms with van der Waals surface area (Å²) in [5.41, 5.74) is 4.32. The molecule has 7 nitrogen and oxygen atoms in total. The van der Waals surface area contributed by atoms with Gasteiger partial charge in [0, 0.05) is 38.8 Å². The van der Waals surface area contributed by atoms with Gasteiger partial charge in [-0.05, 0) is 55.5 Å². The van der Waals surface area contributed by atoms with E-state index < -0.39 is 12.1 Å². The van der Waals surface area contributed by atoms with Crippen LogP contribution in [0, 0.1) is 0 Å². The number of halogens is 2. The molecule has 0 saturated heterocycles. The van der Waals surface area contributed by atoms with Crippen molar-refractivity contribution in [2.45, 2.75) is 13.0 Å². The van der Waals surface area contributed by atoms with E-state index >= 15 is 0 Å². The van der Waals surface area contributed by atoms with Crippen molar-refractivity contribution < 1.29 is 9.59 Å². The largest absolute Gasteiger partial charge is 0.327 e. The molecule has 36 heavy (non-hydrogen) atoms. The predicted molar refractivity (Wildman–Crippen MR) is 141 cm³/mol. The van der Waals surface area contributed by atoms with Gasteiger partial charge in [-0.25, -0.2) is 9.48 Å². The highest BCUT2D eigenvalue weighted by molar-refractivity contribution is 6.31. The highest BCUT2D eigenvalue weighted by Gasteiger charge is 2.34. The number of aromatic nitrogens is 2. The molecule has 0 saturated carbocycles. The zero-order valence-electron chi connectivity index (χ0n) is 19.1. The van der Waals surface area contributed by atoms with E-state index in [0.29, 0.717) is 38.3 Å². The van der Waals surface area contributed by atoms with Crippen molar-refractivity contribution in [3.8, 4) is 16.9 Å². The van der Waals surface area contributed by atoms with Gasteiger partial charge in [-0.2, -0.15) is 5.10 Å². The Morgan fingerprint density at radius 3 is 2.25 bits per heavy atom. The number of allylic oxidation sites excluding steroid dienone is 1. The minimum atomic E-state index is -0.755. The molecule has 3 N–H and O–H groups in total. The molecule has 1 aliphatic rings. The van der Waals surface area contributed by atoms with Crippen LogP contribution in [0.3, 0.4) is 0 Å². The zero-order chi connectivity index (χ0) is 25.2. The van der Waals surface area contributed by atoms with Crippen molar-refractivity contribution >= 4 is 40.8 Å². The van der Waals surface area contributed by atoms with Gasteiger partial charge < -0.3 is 16.0 Å². The summed E-state index contributed by atoms with van der Waals surface area (Å²) in [6.07, 6.45) is 1.83. The zero-order valence-corrected chi connectivity index (χ0v) is 20.6. The van der Waals surface area contributed by atoms with Crippen LogP contribution in [-0.4, -0.2) is 21.7 Å². The third-order valence-electron chi connectivity index (χ3n) is 5.81. The quantitative estimate of drug-likeness (QED) is 0.298. The van der Waals surface area contributed by atoms with Gasteiger partial charge >= 0.3 is 6.03 Å². The van der Waals surface area contributed by atoms with Crippen LogP contribution in [0.25, 0.3) is 16.9 Å². The average molecular weight is 518 g/mol. The number of nitrogens with zero attached hydrogens (tertiary/aromatic N) is 2. The Balaban J connectivity index is 1.61. The molecular formula is C27H21Cl2N5O2. The number of carbonyl (C=O) groups is 2. The van der Waals surface area contributed by atoms with Crippen LogP contribution < -0.4 is 16.0 Å². The molecule has 4 aromatic rings. The molecule has 180 valence electrons. The summed E-state index contributed by atoms with van der Waals surface area (Å²) in [4.78, 5) is 26.0. The van der Waals surface area contributed by atoms with Gasteiger partial charge in [-0.1, -0.05) is 53.5 Å². The molecule has 5 rings (SSSR count). The molecule has 1 unspecified atom stereocenters. The lowest BCUT2D eigenvalue weighted by atomic mass is 9.93. The second-order valence-electron chi connectivity index (χ2n) is 8.25. The second-order valence-corrected chi connectivity index (χ2v) is 9.12. The molecule has 3 amide bonds. The number of amides is 3. The van der Waals surface area contributed by atoms with Gasteiger partial charge in [0.1, 0.15) is 0 Å². The Morgan fingerprint density at radius 1 is 0.944 bits per heavy atom.